The molecule has 6 heteroatoms. The molecule has 17 heavy (non-hydrogen) atoms. The lowest BCUT2D eigenvalue weighted by Crippen LogP contribution is -2.47. The normalized spacial score (nSPS) is 14.7. The van der Waals surface area contributed by atoms with Crippen molar-refractivity contribution in [3.05, 3.63) is 0 Å². The second-order valence-corrected chi connectivity index (χ2v) is 4.96. The van der Waals surface area contributed by atoms with Gasteiger partial charge in [-0.15, -0.1) is 0 Å². The summed E-state index contributed by atoms with van der Waals surface area (Å²) in [5, 5.41) is 13.9. The van der Waals surface area contributed by atoms with E-state index in [9.17, 15) is 9.59 Å². The van der Waals surface area contributed by atoms with Gasteiger partial charge in [-0.05, 0) is 34.6 Å². The van der Waals surface area contributed by atoms with Crippen molar-refractivity contribution < 1.29 is 19.4 Å². The van der Waals surface area contributed by atoms with Crippen molar-refractivity contribution in [1.82, 2.24) is 10.6 Å². The molecule has 0 spiro atoms. The van der Waals surface area contributed by atoms with Crippen LogP contribution < -0.4 is 10.6 Å². The lowest BCUT2D eigenvalue weighted by Gasteiger charge is -2.21. The largest absolute Gasteiger partial charge is 0.444 e. The highest BCUT2D eigenvalue weighted by atomic mass is 16.6. The average molecular weight is 246 g/mol. The third-order valence-electron chi connectivity index (χ3n) is 1.70. The molecule has 6 nitrogen and oxygen atoms in total. The molecule has 0 heterocycles. The summed E-state index contributed by atoms with van der Waals surface area (Å²) in [4.78, 5) is 22.8. The van der Waals surface area contributed by atoms with E-state index < -0.39 is 23.8 Å². The van der Waals surface area contributed by atoms with Gasteiger partial charge in [0.15, 0.2) is 0 Å². The molecule has 0 saturated heterocycles. The van der Waals surface area contributed by atoms with Gasteiger partial charge in [0.25, 0.3) is 0 Å². The van der Waals surface area contributed by atoms with Crippen LogP contribution in [0.3, 0.4) is 0 Å². The fraction of sp³-hybridized carbons (Fsp3) is 0.818. The molecule has 0 aliphatic heterocycles. The number of carbonyl (C=O) groups is 2. The topological polar surface area (TPSA) is 87.7 Å². The van der Waals surface area contributed by atoms with Crippen LogP contribution in [0.25, 0.3) is 0 Å². The fourth-order valence-corrected chi connectivity index (χ4v) is 0.951. The van der Waals surface area contributed by atoms with Crippen molar-refractivity contribution in [2.45, 2.75) is 52.4 Å². The Kier molecular flexibility index (Phi) is 5.95. The van der Waals surface area contributed by atoms with Gasteiger partial charge in [0.1, 0.15) is 11.6 Å². The molecule has 2 atom stereocenters. The molecule has 0 radical (unpaired) electrons. The minimum atomic E-state index is -0.705. The van der Waals surface area contributed by atoms with E-state index in [1.807, 2.05) is 0 Å². The van der Waals surface area contributed by atoms with Gasteiger partial charge in [0.2, 0.25) is 5.91 Å². The summed E-state index contributed by atoms with van der Waals surface area (Å²) in [6, 6.07) is -0.705. The van der Waals surface area contributed by atoms with Crippen molar-refractivity contribution in [2.75, 3.05) is 6.54 Å². The Balaban J connectivity index is 4.03. The van der Waals surface area contributed by atoms with E-state index in [1.54, 1.807) is 34.6 Å². The monoisotopic (exact) mass is 246 g/mol. The van der Waals surface area contributed by atoms with E-state index in [4.69, 9.17) is 9.84 Å². The van der Waals surface area contributed by atoms with Crippen LogP contribution in [-0.2, 0) is 9.53 Å². The molecule has 0 aromatic carbocycles. The number of alkyl carbamates (subject to hydrolysis) is 1. The van der Waals surface area contributed by atoms with Crippen LogP contribution in [0, 0.1) is 0 Å². The van der Waals surface area contributed by atoms with Crippen molar-refractivity contribution >= 4 is 12.0 Å². The summed E-state index contributed by atoms with van der Waals surface area (Å²) < 4.78 is 5.00. The maximum atomic E-state index is 11.5. The molecule has 0 aromatic heterocycles. The SMILES string of the molecule is C[C@H](O)CNC(=O)[C@H](C)NC(=O)OC(C)(C)C. The molecule has 0 unspecified atom stereocenters. The Bertz CT molecular complexity index is 271. The van der Waals surface area contributed by atoms with Crippen LogP contribution in [-0.4, -0.2) is 41.4 Å². The number of hydrogen-bond acceptors (Lipinski definition) is 4. The first kappa shape index (κ1) is 15.7. The van der Waals surface area contributed by atoms with E-state index in [2.05, 4.69) is 10.6 Å². The number of rotatable bonds is 4. The molecule has 100 valence electrons. The summed E-state index contributed by atoms with van der Waals surface area (Å²) in [5.74, 6) is -0.364. The average Bonchev–Trinajstić information content (AvgIpc) is 2.10. The van der Waals surface area contributed by atoms with Gasteiger partial charge < -0.3 is 20.5 Å². The zero-order chi connectivity index (χ0) is 13.6. The summed E-state index contributed by atoms with van der Waals surface area (Å²) in [5.41, 5.74) is -0.597. The van der Waals surface area contributed by atoms with Crippen molar-refractivity contribution in [1.29, 1.82) is 0 Å². The van der Waals surface area contributed by atoms with Crippen LogP contribution in [0.15, 0.2) is 0 Å². The van der Waals surface area contributed by atoms with E-state index in [1.165, 1.54) is 0 Å². The molecule has 0 bridgehead atoms. The predicted octanol–water partition coefficient (Wildman–Crippen LogP) is 0.397. The maximum absolute atomic E-state index is 11.5. The van der Waals surface area contributed by atoms with E-state index in [0.717, 1.165) is 0 Å². The van der Waals surface area contributed by atoms with Crippen LogP contribution in [0.5, 0.6) is 0 Å². The van der Waals surface area contributed by atoms with Crippen LogP contribution in [0.4, 0.5) is 4.79 Å². The highest BCUT2D eigenvalue weighted by Gasteiger charge is 2.20. The summed E-state index contributed by atoms with van der Waals surface area (Å²) >= 11 is 0. The van der Waals surface area contributed by atoms with Gasteiger partial charge >= 0.3 is 6.09 Å². The van der Waals surface area contributed by atoms with Crippen LogP contribution >= 0.6 is 0 Å². The molecular formula is C11H22N2O4. The molecule has 0 saturated carbocycles. The lowest BCUT2D eigenvalue weighted by atomic mass is 10.2. The second kappa shape index (κ2) is 6.44. The maximum Gasteiger partial charge on any atom is 0.408 e. The number of aliphatic hydroxyl groups excluding tert-OH is 1. The van der Waals surface area contributed by atoms with Gasteiger partial charge in [-0.2, -0.15) is 0 Å². The zero-order valence-corrected chi connectivity index (χ0v) is 11.0. The third kappa shape index (κ3) is 8.50. The van der Waals surface area contributed by atoms with Gasteiger partial charge in [0.05, 0.1) is 6.10 Å². The molecule has 0 aromatic rings. The Morgan fingerprint density at radius 2 is 1.82 bits per heavy atom. The molecule has 0 aliphatic carbocycles. The summed E-state index contributed by atoms with van der Waals surface area (Å²) in [6.07, 6.45) is -1.26. The Hall–Kier alpha value is -1.30. The highest BCUT2D eigenvalue weighted by Crippen LogP contribution is 2.06. The highest BCUT2D eigenvalue weighted by molar-refractivity contribution is 5.85. The van der Waals surface area contributed by atoms with E-state index in [-0.39, 0.29) is 12.5 Å². The summed E-state index contributed by atoms with van der Waals surface area (Å²) in [6.45, 7) is 8.48. The Labute approximate surface area is 102 Å². The van der Waals surface area contributed by atoms with Gasteiger partial charge in [-0.3, -0.25) is 4.79 Å². The molecular weight excluding hydrogens is 224 g/mol. The minimum Gasteiger partial charge on any atom is -0.444 e. The quantitative estimate of drug-likeness (QED) is 0.670. The molecule has 0 rings (SSSR count). The van der Waals surface area contributed by atoms with E-state index >= 15 is 0 Å². The standard InChI is InChI=1S/C11H22N2O4/c1-7(14)6-12-9(15)8(2)13-10(16)17-11(3,4)5/h7-8,14H,6H2,1-5H3,(H,12,15)(H,13,16)/t7-,8-/m0/s1. The first-order chi connectivity index (χ1) is 7.61. The first-order valence-corrected chi connectivity index (χ1v) is 5.57. The number of ether oxygens (including phenoxy) is 1. The number of aliphatic hydroxyl groups is 1. The first-order valence-electron chi connectivity index (χ1n) is 5.57. The number of nitrogens with one attached hydrogen (secondary N) is 2. The molecule has 0 aliphatic rings. The van der Waals surface area contributed by atoms with Crippen LogP contribution in [0.2, 0.25) is 0 Å². The van der Waals surface area contributed by atoms with Crippen molar-refractivity contribution in [3.8, 4) is 0 Å². The summed E-state index contributed by atoms with van der Waals surface area (Å²) in [7, 11) is 0. The Morgan fingerprint density at radius 3 is 2.24 bits per heavy atom. The zero-order valence-electron chi connectivity index (χ0n) is 11.0. The number of hydrogen-bond donors (Lipinski definition) is 3. The van der Waals surface area contributed by atoms with Gasteiger partial charge in [0, 0.05) is 6.54 Å². The lowest BCUT2D eigenvalue weighted by molar-refractivity contribution is -0.123. The number of carbonyl (C=O) groups excluding carboxylic acids is 2. The molecule has 3 N–H and O–H groups in total. The fourth-order valence-electron chi connectivity index (χ4n) is 0.951. The predicted molar refractivity (Wildman–Crippen MR) is 63.5 cm³/mol. The minimum absolute atomic E-state index is 0.152. The molecule has 0 fully saturated rings. The smallest absolute Gasteiger partial charge is 0.408 e. The van der Waals surface area contributed by atoms with Crippen molar-refractivity contribution in [2.24, 2.45) is 0 Å². The Morgan fingerprint density at radius 1 is 1.29 bits per heavy atom. The van der Waals surface area contributed by atoms with Gasteiger partial charge in [-0.25, -0.2) is 4.79 Å². The van der Waals surface area contributed by atoms with Gasteiger partial charge in [-0.1, -0.05) is 0 Å². The molecule has 2 amide bonds. The third-order valence-corrected chi connectivity index (χ3v) is 1.70. The van der Waals surface area contributed by atoms with E-state index in [0.29, 0.717) is 0 Å². The van der Waals surface area contributed by atoms with Crippen molar-refractivity contribution in [3.63, 3.8) is 0 Å². The number of amides is 2. The second-order valence-electron chi connectivity index (χ2n) is 4.96. The van der Waals surface area contributed by atoms with Crippen LogP contribution in [0.1, 0.15) is 34.6 Å².